The van der Waals surface area contributed by atoms with Crippen molar-refractivity contribution in [1.29, 1.82) is 0 Å². The van der Waals surface area contributed by atoms with Crippen LogP contribution in [-0.4, -0.2) is 22.2 Å². The molecule has 2 heterocycles. The first-order valence-electron chi connectivity index (χ1n) is 11.4. The van der Waals surface area contributed by atoms with Gasteiger partial charge in [0.15, 0.2) is 4.80 Å². The van der Waals surface area contributed by atoms with Crippen LogP contribution in [0.15, 0.2) is 88.2 Å². The molecule has 6 nitrogen and oxygen atoms in total. The van der Waals surface area contributed by atoms with Gasteiger partial charge in [-0.05, 0) is 53.3 Å². The average Bonchev–Trinajstić information content (AvgIpc) is 3.21. The molecule has 4 aromatic rings. The SMILES string of the molecule is CCOC(=O)C1=C(c2ccccc2)N=c2s/c(=C\c3cc(Cl)cc(I)c3O)c(=O)n2[C@H]1c1ccccc1. The molecule has 0 fully saturated rings. The molecule has 9 heteroatoms. The van der Waals surface area contributed by atoms with E-state index in [1.807, 2.05) is 83.3 Å². The van der Waals surface area contributed by atoms with Crippen molar-refractivity contribution in [1.82, 2.24) is 4.57 Å². The minimum absolute atomic E-state index is 0.0348. The smallest absolute Gasteiger partial charge is 0.338 e. The van der Waals surface area contributed by atoms with Crippen LogP contribution < -0.4 is 14.9 Å². The number of thiazole rings is 1. The summed E-state index contributed by atoms with van der Waals surface area (Å²) in [7, 11) is 0. The predicted octanol–water partition coefficient (Wildman–Crippen LogP) is 4.90. The van der Waals surface area contributed by atoms with E-state index >= 15 is 0 Å². The van der Waals surface area contributed by atoms with Crippen LogP contribution in [0.4, 0.5) is 0 Å². The Balaban J connectivity index is 1.84. The number of phenolic OH excluding ortho intramolecular Hbond substituents is 1. The fourth-order valence-electron chi connectivity index (χ4n) is 4.23. The average molecular weight is 643 g/mol. The van der Waals surface area contributed by atoms with Crippen molar-refractivity contribution in [3.8, 4) is 5.75 Å². The van der Waals surface area contributed by atoms with Crippen molar-refractivity contribution in [2.75, 3.05) is 6.61 Å². The summed E-state index contributed by atoms with van der Waals surface area (Å²) in [5.74, 6) is -0.497. The molecule has 0 radical (unpaired) electrons. The number of esters is 1. The number of nitrogens with zero attached hydrogens (tertiary/aromatic N) is 2. The maximum absolute atomic E-state index is 13.8. The van der Waals surface area contributed by atoms with E-state index in [1.165, 1.54) is 15.9 Å². The van der Waals surface area contributed by atoms with Crippen molar-refractivity contribution in [2.45, 2.75) is 13.0 Å². The van der Waals surface area contributed by atoms with Gasteiger partial charge in [-0.2, -0.15) is 0 Å². The molecule has 0 saturated carbocycles. The molecule has 186 valence electrons. The van der Waals surface area contributed by atoms with E-state index < -0.39 is 12.0 Å². The number of halogens is 2. The summed E-state index contributed by atoms with van der Waals surface area (Å²) in [4.78, 5) is 32.5. The van der Waals surface area contributed by atoms with Crippen LogP contribution in [0.2, 0.25) is 5.02 Å². The molecule has 0 saturated heterocycles. The second-order valence-corrected chi connectivity index (χ2v) is 10.8. The van der Waals surface area contributed by atoms with Crippen molar-refractivity contribution >= 4 is 63.3 Å². The van der Waals surface area contributed by atoms with Crippen LogP contribution in [0.25, 0.3) is 11.8 Å². The molecule has 5 rings (SSSR count). The van der Waals surface area contributed by atoms with Crippen LogP contribution in [0.5, 0.6) is 5.75 Å². The standard InChI is InChI=1S/C28H20ClIN2O4S/c1-2-36-27(35)22-23(16-9-5-3-6-10-16)31-28-32(24(22)17-11-7-4-8-12-17)26(34)21(37-28)14-18-13-19(29)15-20(30)25(18)33/h3-15,24,33H,2H2,1H3/b21-14-/t24-/m0/s1. The van der Waals surface area contributed by atoms with Gasteiger partial charge >= 0.3 is 5.97 Å². The van der Waals surface area contributed by atoms with Gasteiger partial charge in [0.25, 0.3) is 5.56 Å². The largest absolute Gasteiger partial charge is 0.506 e. The minimum Gasteiger partial charge on any atom is -0.506 e. The molecule has 1 N–H and O–H groups in total. The number of benzene rings is 3. The Morgan fingerprint density at radius 1 is 1.16 bits per heavy atom. The third-order valence-corrected chi connectivity index (χ3v) is 7.86. The van der Waals surface area contributed by atoms with Crippen molar-refractivity contribution in [3.05, 3.63) is 123 Å². The maximum atomic E-state index is 13.8. The van der Waals surface area contributed by atoms with Crippen LogP contribution in [0.1, 0.15) is 29.7 Å². The number of aromatic nitrogens is 1. The van der Waals surface area contributed by atoms with Crippen LogP contribution >= 0.6 is 45.5 Å². The summed E-state index contributed by atoms with van der Waals surface area (Å²) in [5.41, 5.74) is 2.33. The topological polar surface area (TPSA) is 80.9 Å². The summed E-state index contributed by atoms with van der Waals surface area (Å²) in [6, 6.07) is 21.2. The Morgan fingerprint density at radius 3 is 2.51 bits per heavy atom. The Bertz CT molecular complexity index is 1710. The van der Waals surface area contributed by atoms with E-state index in [2.05, 4.69) is 0 Å². The molecular weight excluding hydrogens is 623 g/mol. The van der Waals surface area contributed by atoms with E-state index in [9.17, 15) is 14.7 Å². The van der Waals surface area contributed by atoms with Gasteiger partial charge in [0, 0.05) is 16.1 Å². The second-order valence-electron chi connectivity index (χ2n) is 8.17. The monoisotopic (exact) mass is 642 g/mol. The van der Waals surface area contributed by atoms with E-state index in [4.69, 9.17) is 21.3 Å². The first kappa shape index (κ1) is 25.4. The number of ether oxygens (including phenoxy) is 1. The molecule has 1 aromatic heterocycles. The summed E-state index contributed by atoms with van der Waals surface area (Å²) < 4.78 is 7.91. The molecule has 37 heavy (non-hydrogen) atoms. The number of aromatic hydroxyl groups is 1. The molecule has 0 spiro atoms. The van der Waals surface area contributed by atoms with Gasteiger partial charge < -0.3 is 9.84 Å². The lowest BCUT2D eigenvalue weighted by Gasteiger charge is -2.25. The van der Waals surface area contributed by atoms with Gasteiger partial charge in [-0.25, -0.2) is 9.79 Å². The summed E-state index contributed by atoms with van der Waals surface area (Å²) in [6.45, 7) is 1.93. The van der Waals surface area contributed by atoms with Gasteiger partial charge in [-0.15, -0.1) is 0 Å². The van der Waals surface area contributed by atoms with Gasteiger partial charge in [0.2, 0.25) is 0 Å². The Hall–Kier alpha value is -3.21. The van der Waals surface area contributed by atoms with Crippen molar-refractivity contribution in [3.63, 3.8) is 0 Å². The number of hydrogen-bond donors (Lipinski definition) is 1. The fourth-order valence-corrected chi connectivity index (χ4v) is 6.28. The zero-order valence-electron chi connectivity index (χ0n) is 19.5. The number of carbonyl (C=O) groups is 1. The summed E-state index contributed by atoms with van der Waals surface area (Å²) >= 11 is 9.39. The number of phenols is 1. The van der Waals surface area contributed by atoms with Crippen molar-refractivity contribution < 1.29 is 14.6 Å². The lowest BCUT2D eigenvalue weighted by Crippen LogP contribution is -2.40. The van der Waals surface area contributed by atoms with Crippen LogP contribution in [0.3, 0.4) is 0 Å². The Labute approximate surface area is 235 Å². The molecule has 3 aromatic carbocycles. The Morgan fingerprint density at radius 2 is 1.84 bits per heavy atom. The lowest BCUT2D eigenvalue weighted by atomic mass is 9.93. The third-order valence-electron chi connectivity index (χ3n) is 5.83. The van der Waals surface area contributed by atoms with E-state index in [0.29, 0.717) is 34.8 Å². The van der Waals surface area contributed by atoms with Crippen molar-refractivity contribution in [2.24, 2.45) is 4.99 Å². The van der Waals surface area contributed by atoms with E-state index in [1.54, 1.807) is 25.1 Å². The molecule has 0 amide bonds. The predicted molar refractivity (Wildman–Crippen MR) is 153 cm³/mol. The molecule has 0 bridgehead atoms. The first-order chi connectivity index (χ1) is 17.9. The number of fused-ring (bicyclic) bond motifs is 1. The second kappa shape index (κ2) is 10.6. The zero-order chi connectivity index (χ0) is 26.1. The zero-order valence-corrected chi connectivity index (χ0v) is 23.3. The molecular formula is C28H20ClIN2O4S. The highest BCUT2D eigenvalue weighted by Crippen LogP contribution is 2.35. The normalized spacial score (nSPS) is 15.3. The number of hydrogen-bond acceptors (Lipinski definition) is 6. The highest BCUT2D eigenvalue weighted by Gasteiger charge is 2.35. The molecule has 0 unspecified atom stereocenters. The molecule has 1 atom stereocenters. The highest BCUT2D eigenvalue weighted by molar-refractivity contribution is 14.1. The summed E-state index contributed by atoms with van der Waals surface area (Å²) in [5, 5.41) is 11.0. The number of rotatable bonds is 5. The Kier molecular flexibility index (Phi) is 7.32. The molecule has 1 aliphatic heterocycles. The van der Waals surface area contributed by atoms with E-state index in [0.717, 1.165) is 11.1 Å². The number of carbonyl (C=O) groups excluding carboxylic acids is 1. The van der Waals surface area contributed by atoms with Gasteiger partial charge in [-0.1, -0.05) is 83.6 Å². The van der Waals surface area contributed by atoms with Crippen LogP contribution in [-0.2, 0) is 9.53 Å². The quantitative estimate of drug-likeness (QED) is 0.248. The maximum Gasteiger partial charge on any atom is 0.338 e. The minimum atomic E-state index is -0.748. The fraction of sp³-hybridized carbons (Fsp3) is 0.107. The van der Waals surface area contributed by atoms with Gasteiger partial charge in [0.05, 0.1) is 32.0 Å². The van der Waals surface area contributed by atoms with Gasteiger partial charge in [0.1, 0.15) is 5.75 Å². The van der Waals surface area contributed by atoms with Gasteiger partial charge in [-0.3, -0.25) is 9.36 Å². The molecule has 0 aliphatic carbocycles. The summed E-state index contributed by atoms with van der Waals surface area (Å²) in [6.07, 6.45) is 1.60. The van der Waals surface area contributed by atoms with Crippen LogP contribution in [0, 0.1) is 3.57 Å². The lowest BCUT2D eigenvalue weighted by molar-refractivity contribution is -0.138. The molecule has 1 aliphatic rings. The highest BCUT2D eigenvalue weighted by atomic mass is 127. The third kappa shape index (κ3) is 4.88. The van der Waals surface area contributed by atoms with E-state index in [-0.39, 0.29) is 17.9 Å². The first-order valence-corrected chi connectivity index (χ1v) is 13.7.